The summed E-state index contributed by atoms with van der Waals surface area (Å²) in [5.74, 6) is 2.21. The molecule has 0 amide bonds. The van der Waals surface area contributed by atoms with E-state index in [9.17, 15) is 13.9 Å². The number of benzene rings is 6. The molecule has 15 nitrogen and oxygen atoms in total. The normalized spacial score (nSPS) is 17.5. The Labute approximate surface area is 548 Å². The molecule has 0 spiro atoms. The molecule has 0 bridgehead atoms. The molecule has 6 heterocycles. The fraction of sp³-hybridized carbons (Fsp3) is 0.368. The van der Waals surface area contributed by atoms with Crippen LogP contribution in [0.4, 0.5) is 14.7 Å². The zero-order chi connectivity index (χ0) is 64.6. The van der Waals surface area contributed by atoms with Gasteiger partial charge in [0.15, 0.2) is 0 Å². The van der Waals surface area contributed by atoms with Crippen molar-refractivity contribution in [3.05, 3.63) is 239 Å². The minimum Gasteiger partial charge on any atom is -0.508 e. The highest BCUT2D eigenvalue weighted by atomic mass is 19.1. The Morgan fingerprint density at radius 3 is 1.68 bits per heavy atom. The number of halogens is 2. The van der Waals surface area contributed by atoms with Gasteiger partial charge in [0.2, 0.25) is 5.95 Å². The van der Waals surface area contributed by atoms with Crippen LogP contribution in [0.5, 0.6) is 5.75 Å². The first-order valence-electron chi connectivity index (χ1n) is 33.3. The van der Waals surface area contributed by atoms with Crippen LogP contribution >= 0.6 is 0 Å². The standard InChI is InChI=1S/C26H31FN4.C26H32N4O.C24H29FN6/c1-2-31(24-12-14-28-18-24)19-21-8-3-9-22(16-21)25-13-15-29-26(30-25)11-5-7-20-6-4-10-23(27)17-20;1-19-20(2)30(15-14-27-19)18-22-8-3-9-23(16-22)25-12-13-28-26(29-25)11-5-7-21-6-4-10-24(31)17-21;25-21-6-2-3-18(14-21)7-9-28-24-29-10-8-23(30-24)20-5-1-4-19(13-20)17-31-12-11-27-16-22(31)15-26/h3-4,6,8-10,13,15-17,24,28H,2,5,7,11-12,14,18-19H2,1H3;3-4,6,8-10,12-13,16-17,19-20,27,31H,5,7,11,14-15,18H2,1-2H3;1-6,8,10,13-14,22,27H,7,9,11-12,15-17,26H2,(H,28,29,30). The summed E-state index contributed by atoms with van der Waals surface area (Å²) in [7, 11) is 0. The third kappa shape index (κ3) is 20.9. The number of aromatic nitrogens is 6. The second kappa shape index (κ2) is 35.1. The van der Waals surface area contributed by atoms with Gasteiger partial charge >= 0.3 is 0 Å². The second-order valence-electron chi connectivity index (χ2n) is 24.6. The number of anilines is 1. The molecule has 6 aromatic carbocycles. The SMILES string of the molecule is CC1NCCN(Cc2cccc(-c3ccnc(CCCc4cccc(O)c4)n3)c2)C1C.CCN(Cc1cccc(-c2ccnc(CCCc3cccc(F)c3)n2)c1)C1CCNC1.NCC1CNCCN1Cc1cccc(-c2ccnc(NCCc3cccc(F)c3)n2)c1. The lowest BCUT2D eigenvalue weighted by atomic mass is 10.0. The topological polar surface area (TPSA) is 181 Å². The van der Waals surface area contributed by atoms with Crippen LogP contribution in [0.1, 0.15) is 85.1 Å². The second-order valence-corrected chi connectivity index (χ2v) is 24.6. The lowest BCUT2D eigenvalue weighted by Gasteiger charge is -2.38. The molecule has 93 heavy (non-hydrogen) atoms. The third-order valence-corrected chi connectivity index (χ3v) is 17.9. The summed E-state index contributed by atoms with van der Waals surface area (Å²) in [6.07, 6.45) is 12.6. The molecule has 3 saturated heterocycles. The number of piperazine rings is 2. The average Bonchev–Trinajstić information content (AvgIpc) is 2.78. The summed E-state index contributed by atoms with van der Waals surface area (Å²) in [5.41, 5.74) is 19.1. The van der Waals surface area contributed by atoms with Crippen LogP contribution in [-0.2, 0) is 51.7 Å². The van der Waals surface area contributed by atoms with Crippen molar-refractivity contribution in [2.45, 2.75) is 116 Å². The van der Waals surface area contributed by atoms with Crippen LogP contribution in [0.3, 0.4) is 0 Å². The molecule has 3 aromatic heterocycles. The van der Waals surface area contributed by atoms with Gasteiger partial charge < -0.3 is 32.1 Å². The molecular weight excluding hydrogens is 1160 g/mol. The third-order valence-electron chi connectivity index (χ3n) is 17.9. The Morgan fingerprint density at radius 1 is 0.559 bits per heavy atom. The van der Waals surface area contributed by atoms with Gasteiger partial charge in [0, 0.05) is 144 Å². The number of rotatable bonds is 24. The van der Waals surface area contributed by atoms with Crippen LogP contribution in [-0.4, -0.2) is 139 Å². The van der Waals surface area contributed by atoms with Crippen molar-refractivity contribution in [1.29, 1.82) is 0 Å². The first-order chi connectivity index (χ1) is 45.5. The minimum atomic E-state index is -0.214. The van der Waals surface area contributed by atoms with E-state index in [-0.39, 0.29) is 11.6 Å². The van der Waals surface area contributed by atoms with E-state index in [2.05, 4.69) is 149 Å². The molecule has 486 valence electrons. The maximum absolute atomic E-state index is 13.3. The molecule has 9 aromatic rings. The number of nitrogens with zero attached hydrogens (tertiary/aromatic N) is 9. The van der Waals surface area contributed by atoms with Crippen LogP contribution in [0.15, 0.2) is 182 Å². The summed E-state index contributed by atoms with van der Waals surface area (Å²) < 4.78 is 26.7. The quantitative estimate of drug-likeness (QED) is 0.0336. The van der Waals surface area contributed by atoms with Crippen molar-refractivity contribution in [3.63, 3.8) is 0 Å². The zero-order valence-electron chi connectivity index (χ0n) is 54.3. The summed E-state index contributed by atoms with van der Waals surface area (Å²) in [6.45, 7) is 19.2. The molecule has 7 N–H and O–H groups in total. The van der Waals surface area contributed by atoms with E-state index >= 15 is 0 Å². The molecule has 3 aliphatic rings. The number of hydrogen-bond donors (Lipinski definition) is 6. The van der Waals surface area contributed by atoms with Crippen molar-refractivity contribution in [2.24, 2.45) is 5.73 Å². The molecule has 0 saturated carbocycles. The smallest absolute Gasteiger partial charge is 0.223 e. The fourth-order valence-corrected chi connectivity index (χ4v) is 12.5. The highest BCUT2D eigenvalue weighted by Crippen LogP contribution is 2.25. The Kier molecular flexibility index (Phi) is 25.5. The maximum atomic E-state index is 13.3. The van der Waals surface area contributed by atoms with Crippen molar-refractivity contribution < 1.29 is 13.9 Å². The molecular formula is C76H92F2N14O. The van der Waals surface area contributed by atoms with Gasteiger partial charge in [0.05, 0.1) is 17.1 Å². The number of phenolic OH excluding ortho intramolecular Hbond substituents is 1. The first-order valence-corrected chi connectivity index (χ1v) is 33.3. The van der Waals surface area contributed by atoms with E-state index in [0.29, 0.717) is 55.4 Å². The molecule has 17 heteroatoms. The zero-order valence-corrected chi connectivity index (χ0v) is 54.3. The van der Waals surface area contributed by atoms with Gasteiger partial charge in [-0.25, -0.2) is 38.7 Å². The molecule has 12 rings (SSSR count). The van der Waals surface area contributed by atoms with E-state index in [1.165, 1.54) is 35.2 Å². The number of aryl methyl sites for hydroxylation is 4. The molecule has 0 aliphatic carbocycles. The summed E-state index contributed by atoms with van der Waals surface area (Å²) in [4.78, 5) is 35.1. The van der Waals surface area contributed by atoms with Gasteiger partial charge in [-0.15, -0.1) is 0 Å². The monoisotopic (exact) mass is 1250 g/mol. The Bertz CT molecular complexity index is 3420. The van der Waals surface area contributed by atoms with Crippen LogP contribution in [0, 0.1) is 11.6 Å². The lowest BCUT2D eigenvalue weighted by Crippen LogP contribution is -2.54. The van der Waals surface area contributed by atoms with Gasteiger partial charge in [-0.1, -0.05) is 97.9 Å². The van der Waals surface area contributed by atoms with E-state index in [4.69, 9.17) is 15.7 Å². The highest BCUT2D eigenvalue weighted by Gasteiger charge is 2.25. The Hall–Kier alpha value is -8.26. The first kappa shape index (κ1) is 67.6. The number of hydrogen-bond acceptors (Lipinski definition) is 15. The number of nitrogens with one attached hydrogen (secondary N) is 4. The van der Waals surface area contributed by atoms with Crippen molar-refractivity contribution >= 4 is 5.95 Å². The molecule has 4 atom stereocenters. The van der Waals surface area contributed by atoms with Crippen molar-refractivity contribution in [1.82, 2.24) is 60.6 Å². The van der Waals surface area contributed by atoms with Crippen LogP contribution in [0.25, 0.3) is 33.8 Å². The number of aromatic hydroxyl groups is 1. The predicted molar refractivity (Wildman–Crippen MR) is 370 cm³/mol. The van der Waals surface area contributed by atoms with E-state index in [1.807, 2.05) is 60.9 Å². The van der Waals surface area contributed by atoms with Gasteiger partial charge in [0.25, 0.3) is 0 Å². The Morgan fingerprint density at radius 2 is 1.09 bits per heavy atom. The lowest BCUT2D eigenvalue weighted by molar-refractivity contribution is 0.131. The van der Waals surface area contributed by atoms with E-state index in [0.717, 1.165) is 173 Å². The maximum Gasteiger partial charge on any atom is 0.223 e. The number of nitrogens with two attached hydrogens (primary N) is 1. The number of phenols is 1. The summed E-state index contributed by atoms with van der Waals surface area (Å²) >= 11 is 0. The van der Waals surface area contributed by atoms with E-state index in [1.54, 1.807) is 36.5 Å². The van der Waals surface area contributed by atoms with Crippen molar-refractivity contribution in [3.8, 4) is 39.5 Å². The fourth-order valence-electron chi connectivity index (χ4n) is 12.5. The van der Waals surface area contributed by atoms with E-state index < -0.39 is 0 Å². The summed E-state index contributed by atoms with van der Waals surface area (Å²) in [5, 5.41) is 23.3. The van der Waals surface area contributed by atoms with Crippen molar-refractivity contribution in [2.75, 3.05) is 70.8 Å². The van der Waals surface area contributed by atoms with Crippen LogP contribution < -0.4 is 27.0 Å². The van der Waals surface area contributed by atoms with Gasteiger partial charge in [-0.3, -0.25) is 14.7 Å². The highest BCUT2D eigenvalue weighted by molar-refractivity contribution is 5.62. The van der Waals surface area contributed by atoms with Gasteiger partial charge in [-0.2, -0.15) is 0 Å². The predicted octanol–water partition coefficient (Wildman–Crippen LogP) is 11.5. The van der Waals surface area contributed by atoms with Crippen LogP contribution in [0.2, 0.25) is 0 Å². The van der Waals surface area contributed by atoms with Gasteiger partial charge in [0.1, 0.15) is 29.0 Å². The summed E-state index contributed by atoms with van der Waals surface area (Å²) in [6, 6.07) is 54.8. The molecule has 0 radical (unpaired) electrons. The van der Waals surface area contributed by atoms with Gasteiger partial charge in [-0.05, 0) is 172 Å². The Balaban J connectivity index is 0.000000153. The number of likely N-dealkylation sites (N-methyl/N-ethyl adjacent to an activating group) is 1. The largest absolute Gasteiger partial charge is 0.508 e. The molecule has 4 unspecified atom stereocenters. The average molecular weight is 1260 g/mol. The minimum absolute atomic E-state index is 0.179. The molecule has 3 fully saturated rings. The molecule has 3 aliphatic heterocycles.